The summed E-state index contributed by atoms with van der Waals surface area (Å²) < 4.78 is 88.8. The summed E-state index contributed by atoms with van der Waals surface area (Å²) in [6.45, 7) is 0.136. The predicted molar refractivity (Wildman–Crippen MR) is 155 cm³/mol. The third-order valence-electron chi connectivity index (χ3n) is 9.40. The Hall–Kier alpha value is -3.88. The molecule has 4 unspecified atom stereocenters. The average molecular weight is 671 g/mol. The van der Waals surface area contributed by atoms with Gasteiger partial charge in [-0.2, -0.15) is 13.2 Å². The summed E-state index contributed by atoms with van der Waals surface area (Å²) in [7, 11) is -4.36. The van der Waals surface area contributed by atoms with Gasteiger partial charge >= 0.3 is 11.5 Å². The number of aliphatic carboxylic acids is 1. The number of methoxy groups -OCH3 is 1. The van der Waals surface area contributed by atoms with Gasteiger partial charge in [-0.05, 0) is 87.0 Å². The zero-order valence-electron chi connectivity index (χ0n) is 24.8. The van der Waals surface area contributed by atoms with Crippen LogP contribution in [0.3, 0.4) is 0 Å². The number of carboxylic acids is 1. The van der Waals surface area contributed by atoms with Gasteiger partial charge in [0.05, 0.1) is 36.0 Å². The molecule has 0 aromatic heterocycles. The maximum Gasteiger partial charge on any atom is 0.501 e. The third kappa shape index (κ3) is 6.79. The van der Waals surface area contributed by atoms with Crippen molar-refractivity contribution in [3.8, 4) is 11.5 Å². The predicted octanol–water partition coefficient (Wildman–Crippen LogP) is 5.18. The Labute approximate surface area is 262 Å². The van der Waals surface area contributed by atoms with E-state index in [0.717, 1.165) is 30.7 Å². The number of amides is 2. The first-order valence-corrected chi connectivity index (χ1v) is 16.4. The second-order valence-corrected chi connectivity index (χ2v) is 14.1. The number of carbonyl (C=O) groups is 3. The number of nitrogens with one attached hydrogen (secondary N) is 2. The number of carbonyl (C=O) groups excluding carboxylic acids is 2. The number of anilines is 1. The van der Waals surface area contributed by atoms with Crippen LogP contribution in [-0.4, -0.2) is 56.6 Å². The van der Waals surface area contributed by atoms with Gasteiger partial charge in [0.1, 0.15) is 5.75 Å². The number of hydrogen-bond acceptors (Lipinski definition) is 7. The SMILES string of the molecule is COc1cc(F)c(OCC2CCC(C(=O)O)CC2)cc1C(=O)NC1C2CCC(C2)C1C(=O)Nc1cccc(S(=O)(=O)C(F)(F)F)c1. The lowest BCUT2D eigenvalue weighted by atomic mass is 9.82. The highest BCUT2D eigenvalue weighted by Gasteiger charge is 2.52. The smallest absolute Gasteiger partial charge is 0.496 e. The molecule has 2 aromatic carbocycles. The zero-order valence-corrected chi connectivity index (χ0v) is 25.6. The van der Waals surface area contributed by atoms with Crippen LogP contribution >= 0.6 is 0 Å². The van der Waals surface area contributed by atoms with Crippen molar-refractivity contribution < 1.29 is 54.9 Å². The number of fused-ring (bicyclic) bond motifs is 2. The standard InChI is InChI=1S/C31H34F4N2O8S/c1-44-24-14-23(32)25(45-15-16-5-7-17(8-6-16)30(40)41)13-22(24)28(38)37-27-19-10-9-18(11-19)26(27)29(39)36-20-3-2-4-21(12-20)46(42,43)31(33,34)35/h2-4,12-14,16-19,26-27H,5-11,15H2,1H3,(H,36,39)(H,37,38)(H,40,41). The molecule has 3 aliphatic rings. The van der Waals surface area contributed by atoms with Crippen molar-refractivity contribution in [1.29, 1.82) is 0 Å². The lowest BCUT2D eigenvalue weighted by molar-refractivity contribution is -0.143. The van der Waals surface area contributed by atoms with Crippen molar-refractivity contribution in [3.05, 3.63) is 47.8 Å². The molecule has 3 saturated carbocycles. The number of benzene rings is 2. The molecule has 2 aromatic rings. The van der Waals surface area contributed by atoms with Crippen LogP contribution in [0.15, 0.2) is 41.3 Å². The monoisotopic (exact) mass is 670 g/mol. The second-order valence-electron chi connectivity index (χ2n) is 12.2. The Morgan fingerprint density at radius 1 is 0.978 bits per heavy atom. The maximum atomic E-state index is 14.9. The van der Waals surface area contributed by atoms with E-state index >= 15 is 0 Å². The molecule has 4 atom stereocenters. The van der Waals surface area contributed by atoms with E-state index in [4.69, 9.17) is 9.47 Å². The molecular weight excluding hydrogens is 636 g/mol. The molecule has 0 heterocycles. The second kappa shape index (κ2) is 13.1. The molecule has 3 aliphatic carbocycles. The first-order chi connectivity index (χ1) is 21.7. The number of hydrogen-bond donors (Lipinski definition) is 3. The van der Waals surface area contributed by atoms with E-state index < -0.39 is 61.7 Å². The fourth-order valence-electron chi connectivity index (χ4n) is 6.98. The maximum absolute atomic E-state index is 14.9. The number of sulfone groups is 1. The van der Waals surface area contributed by atoms with Crippen molar-refractivity contribution in [2.75, 3.05) is 19.0 Å². The molecule has 250 valence electrons. The number of ether oxygens (including phenoxy) is 2. The van der Waals surface area contributed by atoms with Gasteiger partial charge in [-0.1, -0.05) is 6.07 Å². The Bertz CT molecular complexity index is 1610. The molecule has 3 fully saturated rings. The topological polar surface area (TPSA) is 148 Å². The highest BCUT2D eigenvalue weighted by Crippen LogP contribution is 2.49. The summed E-state index contributed by atoms with van der Waals surface area (Å²) in [6, 6.07) is 5.49. The van der Waals surface area contributed by atoms with E-state index in [1.165, 1.54) is 19.2 Å². The van der Waals surface area contributed by atoms with E-state index in [0.29, 0.717) is 38.5 Å². The van der Waals surface area contributed by atoms with E-state index in [2.05, 4.69) is 10.6 Å². The van der Waals surface area contributed by atoms with Gasteiger partial charge < -0.3 is 25.2 Å². The summed E-state index contributed by atoms with van der Waals surface area (Å²) >= 11 is 0. The molecule has 2 amide bonds. The van der Waals surface area contributed by atoms with Crippen molar-refractivity contribution in [2.24, 2.45) is 29.6 Å². The zero-order chi connectivity index (χ0) is 33.4. The van der Waals surface area contributed by atoms with Crippen LogP contribution in [0.2, 0.25) is 0 Å². The van der Waals surface area contributed by atoms with Gasteiger partial charge in [0, 0.05) is 17.8 Å². The van der Waals surface area contributed by atoms with Crippen LogP contribution in [-0.2, 0) is 19.4 Å². The fourth-order valence-corrected chi connectivity index (χ4v) is 7.79. The largest absolute Gasteiger partial charge is 0.501 e. The normalized spacial score (nSPS) is 25.9. The number of alkyl halides is 3. The molecule has 3 N–H and O–H groups in total. The van der Waals surface area contributed by atoms with Crippen LogP contribution in [0.25, 0.3) is 0 Å². The number of carboxylic acid groups (broad SMARTS) is 1. The van der Waals surface area contributed by atoms with Gasteiger partial charge in [-0.3, -0.25) is 14.4 Å². The Morgan fingerprint density at radius 2 is 1.67 bits per heavy atom. The average Bonchev–Trinajstić information content (AvgIpc) is 3.62. The summed E-state index contributed by atoms with van der Waals surface area (Å²) in [4.78, 5) is 37.2. The summed E-state index contributed by atoms with van der Waals surface area (Å²) in [5.74, 6) is -4.37. The number of rotatable bonds is 10. The van der Waals surface area contributed by atoms with E-state index in [1.54, 1.807) is 0 Å². The van der Waals surface area contributed by atoms with E-state index in [-0.39, 0.29) is 47.1 Å². The number of halogens is 4. The van der Waals surface area contributed by atoms with Gasteiger partial charge in [-0.25, -0.2) is 12.8 Å². The first kappa shape index (κ1) is 33.5. The van der Waals surface area contributed by atoms with Gasteiger partial charge in [0.25, 0.3) is 15.7 Å². The van der Waals surface area contributed by atoms with Crippen LogP contribution in [0.5, 0.6) is 11.5 Å². The van der Waals surface area contributed by atoms with Crippen molar-refractivity contribution >= 4 is 33.3 Å². The molecule has 15 heteroatoms. The van der Waals surface area contributed by atoms with Gasteiger partial charge in [-0.15, -0.1) is 0 Å². The molecule has 10 nitrogen and oxygen atoms in total. The Morgan fingerprint density at radius 3 is 2.33 bits per heavy atom. The minimum absolute atomic E-state index is 0.0250. The quantitative estimate of drug-likeness (QED) is 0.293. The van der Waals surface area contributed by atoms with Crippen molar-refractivity contribution in [1.82, 2.24) is 5.32 Å². The van der Waals surface area contributed by atoms with Gasteiger partial charge in [0.2, 0.25) is 5.91 Å². The van der Waals surface area contributed by atoms with Crippen molar-refractivity contribution in [3.63, 3.8) is 0 Å². The van der Waals surface area contributed by atoms with Crippen LogP contribution < -0.4 is 20.1 Å². The molecule has 0 radical (unpaired) electrons. The molecule has 0 spiro atoms. The van der Waals surface area contributed by atoms with Crippen LogP contribution in [0, 0.1) is 35.4 Å². The minimum atomic E-state index is -5.63. The minimum Gasteiger partial charge on any atom is -0.496 e. The lowest BCUT2D eigenvalue weighted by Gasteiger charge is -2.31. The summed E-state index contributed by atoms with van der Waals surface area (Å²) in [5, 5.41) is 14.6. The Kier molecular flexibility index (Phi) is 9.52. The van der Waals surface area contributed by atoms with E-state index in [9.17, 15) is 45.5 Å². The molecular formula is C31H34F4N2O8S. The van der Waals surface area contributed by atoms with E-state index in [1.807, 2.05) is 0 Å². The fraction of sp³-hybridized carbons (Fsp3) is 0.516. The van der Waals surface area contributed by atoms with Crippen molar-refractivity contribution in [2.45, 2.75) is 61.4 Å². The molecule has 2 bridgehead atoms. The van der Waals surface area contributed by atoms with Crippen LogP contribution in [0.1, 0.15) is 55.3 Å². The molecule has 0 aliphatic heterocycles. The lowest BCUT2D eigenvalue weighted by Crippen LogP contribution is -2.48. The van der Waals surface area contributed by atoms with Gasteiger partial charge in [0.15, 0.2) is 11.6 Å². The highest BCUT2D eigenvalue weighted by molar-refractivity contribution is 7.92. The van der Waals surface area contributed by atoms with Crippen LogP contribution in [0.4, 0.5) is 23.2 Å². The molecule has 0 saturated heterocycles. The Balaban J connectivity index is 1.29. The first-order valence-electron chi connectivity index (χ1n) is 15.0. The molecule has 46 heavy (non-hydrogen) atoms. The summed E-state index contributed by atoms with van der Waals surface area (Å²) in [6.07, 6.45) is 4.28. The highest BCUT2D eigenvalue weighted by atomic mass is 32.2. The molecule has 5 rings (SSSR count). The summed E-state index contributed by atoms with van der Waals surface area (Å²) in [5.41, 5.74) is -5.68. The third-order valence-corrected chi connectivity index (χ3v) is 10.9.